The second-order valence-corrected chi connectivity index (χ2v) is 7.91. The Morgan fingerprint density at radius 2 is 2.09 bits per heavy atom. The molecule has 0 bridgehead atoms. The van der Waals surface area contributed by atoms with Gasteiger partial charge in [0.1, 0.15) is 5.69 Å². The number of hydrogen-bond donors (Lipinski definition) is 4. The lowest BCUT2D eigenvalue weighted by molar-refractivity contribution is 0.454. The summed E-state index contributed by atoms with van der Waals surface area (Å²) >= 11 is 0. The SMILES string of the molecule is CN(C)c1ccccc1CNc1nc(=NC2CC2)n2nc/c(=C\c3[nH]c(=O)[nH]c3O)c2n1. The number of nitrogens with one attached hydrogen (secondary N) is 3. The summed E-state index contributed by atoms with van der Waals surface area (Å²) in [5.74, 6) is 0.178. The first-order chi connectivity index (χ1) is 15.5. The molecular weight excluding hydrogens is 410 g/mol. The summed E-state index contributed by atoms with van der Waals surface area (Å²) in [5, 5.41) is 18.2. The van der Waals surface area contributed by atoms with Gasteiger partial charge < -0.3 is 20.3 Å². The maximum Gasteiger partial charge on any atom is 0.326 e. The number of imidazole rings is 1. The Kier molecular flexibility index (Phi) is 4.85. The van der Waals surface area contributed by atoms with Crippen LogP contribution in [0.4, 0.5) is 11.6 Å². The molecule has 0 saturated heterocycles. The summed E-state index contributed by atoms with van der Waals surface area (Å²) in [7, 11) is 4.01. The molecule has 0 aliphatic heterocycles. The predicted octanol–water partition coefficient (Wildman–Crippen LogP) is 0.135. The highest BCUT2D eigenvalue weighted by Gasteiger charge is 2.21. The van der Waals surface area contributed by atoms with Crippen molar-refractivity contribution >= 4 is 23.4 Å². The molecule has 3 heterocycles. The van der Waals surface area contributed by atoms with Crippen LogP contribution in [0.3, 0.4) is 0 Å². The number of aromatic hydroxyl groups is 1. The molecule has 32 heavy (non-hydrogen) atoms. The molecule has 0 atom stereocenters. The summed E-state index contributed by atoms with van der Waals surface area (Å²) in [5.41, 5.74) is 2.95. The first-order valence-electron chi connectivity index (χ1n) is 10.3. The Morgan fingerprint density at radius 3 is 2.81 bits per heavy atom. The number of aromatic amines is 2. The van der Waals surface area contributed by atoms with Crippen LogP contribution >= 0.6 is 0 Å². The Hall–Kier alpha value is -4.15. The van der Waals surface area contributed by atoms with Crippen molar-refractivity contribution < 1.29 is 5.11 Å². The van der Waals surface area contributed by atoms with Crippen LogP contribution in [0.1, 0.15) is 24.1 Å². The number of H-pyrrole nitrogens is 2. The molecule has 1 fully saturated rings. The van der Waals surface area contributed by atoms with E-state index in [2.05, 4.69) is 52.4 Å². The van der Waals surface area contributed by atoms with Crippen LogP contribution in [-0.2, 0) is 6.54 Å². The summed E-state index contributed by atoms with van der Waals surface area (Å²) < 4.78 is 1.57. The third-order valence-electron chi connectivity index (χ3n) is 5.17. The van der Waals surface area contributed by atoms with Crippen LogP contribution in [-0.4, -0.2) is 54.8 Å². The second-order valence-electron chi connectivity index (χ2n) is 7.91. The third-order valence-corrected chi connectivity index (χ3v) is 5.17. The van der Waals surface area contributed by atoms with Crippen molar-refractivity contribution in [3.05, 3.63) is 63.0 Å². The first kappa shape index (κ1) is 19.8. The van der Waals surface area contributed by atoms with Gasteiger partial charge in [-0.15, -0.1) is 0 Å². The molecular formula is C21H23N9O2. The Bertz CT molecular complexity index is 1460. The summed E-state index contributed by atoms with van der Waals surface area (Å²) in [4.78, 5) is 32.3. The minimum absolute atomic E-state index is 0.245. The zero-order valence-corrected chi connectivity index (χ0v) is 17.7. The molecule has 5 rings (SSSR count). The quantitative estimate of drug-likeness (QED) is 0.339. The van der Waals surface area contributed by atoms with E-state index < -0.39 is 5.69 Å². The molecule has 0 spiro atoms. The molecule has 11 heteroatoms. The van der Waals surface area contributed by atoms with Gasteiger partial charge in [-0.2, -0.15) is 19.6 Å². The number of hydrogen-bond acceptors (Lipinski definition) is 8. The van der Waals surface area contributed by atoms with Gasteiger partial charge in [0, 0.05) is 31.5 Å². The van der Waals surface area contributed by atoms with E-state index in [4.69, 9.17) is 0 Å². The van der Waals surface area contributed by atoms with Gasteiger partial charge in [-0.25, -0.2) is 9.79 Å². The predicted molar refractivity (Wildman–Crippen MR) is 119 cm³/mol. The van der Waals surface area contributed by atoms with Gasteiger partial charge in [-0.05, 0) is 30.5 Å². The minimum Gasteiger partial charge on any atom is -0.493 e. The highest BCUT2D eigenvalue weighted by atomic mass is 16.3. The van der Waals surface area contributed by atoms with Crippen molar-refractivity contribution in [2.75, 3.05) is 24.3 Å². The van der Waals surface area contributed by atoms with Crippen molar-refractivity contribution in [1.29, 1.82) is 0 Å². The second kappa shape index (κ2) is 7.84. The van der Waals surface area contributed by atoms with E-state index in [0.29, 0.717) is 29.0 Å². The normalized spacial score (nSPS) is 14.9. The molecule has 3 aromatic heterocycles. The lowest BCUT2D eigenvalue weighted by atomic mass is 10.1. The van der Waals surface area contributed by atoms with Gasteiger partial charge in [0.15, 0.2) is 5.65 Å². The number of anilines is 2. The van der Waals surface area contributed by atoms with Gasteiger partial charge in [-0.3, -0.25) is 4.98 Å². The summed E-state index contributed by atoms with van der Waals surface area (Å²) in [6.07, 6.45) is 5.27. The number of fused-ring (bicyclic) bond motifs is 1. The highest BCUT2D eigenvalue weighted by Crippen LogP contribution is 2.22. The number of aromatic nitrogens is 6. The van der Waals surface area contributed by atoms with E-state index in [1.807, 2.05) is 26.2 Å². The van der Waals surface area contributed by atoms with Crippen molar-refractivity contribution in [1.82, 2.24) is 29.5 Å². The molecule has 11 nitrogen and oxygen atoms in total. The standard InChI is InChI=1S/C21H23N9O2/c1-29(2)16-6-4-3-5-12(16)10-22-19-26-17-13(9-15-18(31)27-21(32)25-15)11-23-30(17)20(28-19)24-14-7-8-14/h3-6,9,11,14,31H,7-8,10H2,1-2H3,(H,22,24,28)(H2,25,27,32)/b13-9+. The van der Waals surface area contributed by atoms with E-state index in [1.165, 1.54) is 0 Å². The topological polar surface area (TPSA) is 140 Å². The van der Waals surface area contributed by atoms with Crippen LogP contribution in [0.15, 0.2) is 40.2 Å². The van der Waals surface area contributed by atoms with Crippen molar-refractivity contribution in [3.63, 3.8) is 0 Å². The molecule has 164 valence electrons. The lowest BCUT2D eigenvalue weighted by Gasteiger charge is -2.17. The van der Waals surface area contributed by atoms with Gasteiger partial charge in [0.2, 0.25) is 11.8 Å². The van der Waals surface area contributed by atoms with Gasteiger partial charge in [0.25, 0.3) is 5.62 Å². The van der Waals surface area contributed by atoms with Crippen LogP contribution in [0, 0.1) is 0 Å². The number of rotatable bonds is 6. The largest absolute Gasteiger partial charge is 0.493 e. The monoisotopic (exact) mass is 433 g/mol. The average Bonchev–Trinajstić information content (AvgIpc) is 3.40. The van der Waals surface area contributed by atoms with E-state index >= 15 is 0 Å². The van der Waals surface area contributed by atoms with Crippen LogP contribution < -0.4 is 26.7 Å². The molecule has 0 radical (unpaired) electrons. The van der Waals surface area contributed by atoms with E-state index in [9.17, 15) is 9.90 Å². The smallest absolute Gasteiger partial charge is 0.326 e. The lowest BCUT2D eigenvalue weighted by Crippen LogP contribution is -2.25. The number of benzene rings is 1. The third kappa shape index (κ3) is 3.92. The Balaban J connectivity index is 1.58. The zero-order chi connectivity index (χ0) is 22.2. The molecule has 1 aliphatic carbocycles. The van der Waals surface area contributed by atoms with Crippen molar-refractivity contribution in [3.8, 4) is 5.88 Å². The maximum atomic E-state index is 11.5. The molecule has 1 aromatic carbocycles. The van der Waals surface area contributed by atoms with Gasteiger partial charge >= 0.3 is 5.69 Å². The van der Waals surface area contributed by atoms with E-state index in [1.54, 1.807) is 16.8 Å². The fraction of sp³-hybridized carbons (Fsp3) is 0.286. The molecule has 1 saturated carbocycles. The fourth-order valence-corrected chi connectivity index (χ4v) is 3.43. The summed E-state index contributed by atoms with van der Waals surface area (Å²) in [6, 6.07) is 8.36. The zero-order valence-electron chi connectivity index (χ0n) is 17.7. The molecule has 4 N–H and O–H groups in total. The number of nitrogens with zero attached hydrogens (tertiary/aromatic N) is 6. The van der Waals surface area contributed by atoms with Crippen LogP contribution in [0.5, 0.6) is 5.88 Å². The highest BCUT2D eigenvalue weighted by molar-refractivity contribution is 5.57. The molecule has 1 aliphatic rings. The minimum atomic E-state index is -0.494. The van der Waals surface area contributed by atoms with Crippen LogP contribution in [0.25, 0.3) is 11.7 Å². The number of para-hydroxylation sites is 1. The van der Waals surface area contributed by atoms with Crippen molar-refractivity contribution in [2.45, 2.75) is 25.4 Å². The first-order valence-corrected chi connectivity index (χ1v) is 10.3. The maximum absolute atomic E-state index is 11.5. The summed E-state index contributed by atoms with van der Waals surface area (Å²) in [6.45, 7) is 0.534. The average molecular weight is 433 g/mol. The molecule has 0 amide bonds. The van der Waals surface area contributed by atoms with Gasteiger partial charge in [-0.1, -0.05) is 18.2 Å². The molecule has 4 aromatic rings. The van der Waals surface area contributed by atoms with E-state index in [-0.39, 0.29) is 17.6 Å². The van der Waals surface area contributed by atoms with Crippen LogP contribution in [0.2, 0.25) is 0 Å². The van der Waals surface area contributed by atoms with Gasteiger partial charge in [0.05, 0.1) is 12.2 Å². The van der Waals surface area contributed by atoms with Crippen molar-refractivity contribution in [2.24, 2.45) is 4.99 Å². The Morgan fingerprint density at radius 1 is 1.28 bits per heavy atom. The van der Waals surface area contributed by atoms with E-state index in [0.717, 1.165) is 24.1 Å². The Labute approximate surface area is 182 Å². The fourth-order valence-electron chi connectivity index (χ4n) is 3.43. The molecule has 0 unspecified atom stereocenters.